The minimum atomic E-state index is 0.555. The highest BCUT2D eigenvalue weighted by Gasteiger charge is 2.50. The van der Waals surface area contributed by atoms with Gasteiger partial charge in [0.25, 0.3) is 0 Å². The van der Waals surface area contributed by atoms with E-state index in [0.29, 0.717) is 5.41 Å². The van der Waals surface area contributed by atoms with Gasteiger partial charge >= 0.3 is 0 Å². The Morgan fingerprint density at radius 1 is 1.64 bits per heavy atom. The normalized spacial score (nSPS) is 39.4. The second-order valence-electron chi connectivity index (χ2n) is 4.45. The van der Waals surface area contributed by atoms with E-state index >= 15 is 0 Å². The van der Waals surface area contributed by atoms with E-state index in [1.807, 2.05) is 0 Å². The zero-order valence-electron chi connectivity index (χ0n) is 7.23. The Balaban J connectivity index is 2.23. The van der Waals surface area contributed by atoms with Crippen molar-refractivity contribution in [2.75, 3.05) is 5.88 Å². The van der Waals surface area contributed by atoms with Gasteiger partial charge in [-0.05, 0) is 30.1 Å². The lowest BCUT2D eigenvalue weighted by Crippen LogP contribution is -2.48. The summed E-state index contributed by atoms with van der Waals surface area (Å²) in [6, 6.07) is 0. The van der Waals surface area contributed by atoms with Gasteiger partial charge in [0.2, 0.25) is 0 Å². The molecule has 0 radical (unpaired) electrons. The fourth-order valence-corrected chi connectivity index (χ4v) is 2.92. The monoisotopic (exact) mass is 170 g/mol. The van der Waals surface area contributed by atoms with Gasteiger partial charge in [-0.3, -0.25) is 0 Å². The molecule has 1 unspecified atom stereocenters. The van der Waals surface area contributed by atoms with Gasteiger partial charge in [0, 0.05) is 5.88 Å². The minimum Gasteiger partial charge on any atom is -0.122 e. The van der Waals surface area contributed by atoms with Gasteiger partial charge < -0.3 is 0 Å². The molecular formula is C10H15Cl. The molecule has 0 nitrogen and oxygen atoms in total. The Morgan fingerprint density at radius 3 is 2.73 bits per heavy atom. The number of hydrogen-bond donors (Lipinski definition) is 0. The smallest absolute Gasteiger partial charge is 0.0436 e. The molecule has 0 aromatic carbocycles. The SMILES string of the molecule is CC1(C)C2CC=C(CCl)[C@H]1C2. The lowest BCUT2D eigenvalue weighted by atomic mass is 9.49. The van der Waals surface area contributed by atoms with Gasteiger partial charge in [-0.1, -0.05) is 25.5 Å². The van der Waals surface area contributed by atoms with Crippen LogP contribution in [0.25, 0.3) is 0 Å². The van der Waals surface area contributed by atoms with Crippen LogP contribution in [-0.2, 0) is 0 Å². The van der Waals surface area contributed by atoms with E-state index in [4.69, 9.17) is 11.6 Å². The molecule has 3 aliphatic rings. The van der Waals surface area contributed by atoms with E-state index in [-0.39, 0.29) is 0 Å². The van der Waals surface area contributed by atoms with Crippen molar-refractivity contribution in [2.24, 2.45) is 17.3 Å². The Hall–Kier alpha value is 0.0300. The maximum atomic E-state index is 5.86. The number of alkyl halides is 1. The Bertz CT molecular complexity index is 203. The van der Waals surface area contributed by atoms with E-state index < -0.39 is 0 Å². The molecule has 0 amide bonds. The van der Waals surface area contributed by atoms with Crippen molar-refractivity contribution in [1.29, 1.82) is 0 Å². The molecule has 2 atom stereocenters. The van der Waals surface area contributed by atoms with Crippen LogP contribution < -0.4 is 0 Å². The van der Waals surface area contributed by atoms with Gasteiger partial charge in [-0.15, -0.1) is 11.6 Å². The second-order valence-corrected chi connectivity index (χ2v) is 4.72. The topological polar surface area (TPSA) is 0 Å². The molecule has 1 fully saturated rings. The first-order valence-electron chi connectivity index (χ1n) is 4.41. The predicted molar refractivity (Wildman–Crippen MR) is 48.8 cm³/mol. The molecule has 0 heterocycles. The molecule has 62 valence electrons. The minimum absolute atomic E-state index is 0.555. The summed E-state index contributed by atoms with van der Waals surface area (Å²) in [4.78, 5) is 0. The molecule has 11 heavy (non-hydrogen) atoms. The third kappa shape index (κ3) is 0.885. The highest BCUT2D eigenvalue weighted by Crippen LogP contribution is 2.59. The van der Waals surface area contributed by atoms with E-state index in [1.165, 1.54) is 18.4 Å². The molecule has 2 bridgehead atoms. The third-order valence-corrected chi connectivity index (χ3v) is 4.05. The fraction of sp³-hybridized carbons (Fsp3) is 0.800. The summed E-state index contributed by atoms with van der Waals surface area (Å²) in [7, 11) is 0. The van der Waals surface area contributed by atoms with E-state index in [9.17, 15) is 0 Å². The van der Waals surface area contributed by atoms with Gasteiger partial charge in [-0.2, -0.15) is 0 Å². The van der Waals surface area contributed by atoms with Crippen molar-refractivity contribution >= 4 is 11.6 Å². The first-order valence-corrected chi connectivity index (χ1v) is 4.94. The highest BCUT2D eigenvalue weighted by molar-refractivity contribution is 6.19. The molecule has 0 aromatic rings. The Labute approximate surface area is 73.6 Å². The van der Waals surface area contributed by atoms with Crippen LogP contribution in [0.3, 0.4) is 0 Å². The summed E-state index contributed by atoms with van der Waals surface area (Å²) in [6.07, 6.45) is 5.02. The number of allylic oxidation sites excluding steroid dienone is 2. The van der Waals surface area contributed by atoms with Crippen molar-refractivity contribution < 1.29 is 0 Å². The Kier molecular flexibility index (Phi) is 1.57. The zero-order valence-corrected chi connectivity index (χ0v) is 7.99. The molecule has 0 saturated heterocycles. The lowest BCUT2D eigenvalue weighted by molar-refractivity contribution is -0.00548. The second kappa shape index (κ2) is 2.26. The van der Waals surface area contributed by atoms with E-state index in [1.54, 1.807) is 0 Å². The van der Waals surface area contributed by atoms with Crippen LogP contribution in [0, 0.1) is 17.3 Å². The molecule has 3 aliphatic carbocycles. The molecule has 0 N–H and O–H groups in total. The van der Waals surface area contributed by atoms with Crippen LogP contribution in [0.15, 0.2) is 11.6 Å². The molecular weight excluding hydrogens is 156 g/mol. The summed E-state index contributed by atoms with van der Waals surface area (Å²) in [6.45, 7) is 4.76. The molecule has 0 spiro atoms. The first kappa shape index (κ1) is 7.67. The van der Waals surface area contributed by atoms with Crippen LogP contribution >= 0.6 is 11.6 Å². The number of rotatable bonds is 1. The fourth-order valence-electron chi connectivity index (χ4n) is 2.63. The van der Waals surface area contributed by atoms with E-state index in [0.717, 1.165) is 17.7 Å². The van der Waals surface area contributed by atoms with Crippen molar-refractivity contribution in [3.63, 3.8) is 0 Å². The first-order chi connectivity index (χ1) is 5.16. The summed E-state index contributed by atoms with van der Waals surface area (Å²) in [5, 5.41) is 0. The van der Waals surface area contributed by atoms with E-state index in [2.05, 4.69) is 19.9 Å². The van der Waals surface area contributed by atoms with Crippen LogP contribution in [0.1, 0.15) is 26.7 Å². The molecule has 1 heteroatoms. The number of hydrogen-bond acceptors (Lipinski definition) is 0. The predicted octanol–water partition coefficient (Wildman–Crippen LogP) is 3.22. The van der Waals surface area contributed by atoms with Crippen molar-refractivity contribution in [3.05, 3.63) is 11.6 Å². The largest absolute Gasteiger partial charge is 0.122 e. The average molecular weight is 171 g/mol. The quantitative estimate of drug-likeness (QED) is 0.419. The van der Waals surface area contributed by atoms with Gasteiger partial charge in [-0.25, -0.2) is 0 Å². The average Bonchev–Trinajstić information content (AvgIpc) is 2.04. The summed E-state index contributed by atoms with van der Waals surface area (Å²) < 4.78 is 0. The maximum Gasteiger partial charge on any atom is 0.0436 e. The summed E-state index contributed by atoms with van der Waals surface area (Å²) in [5.41, 5.74) is 2.05. The van der Waals surface area contributed by atoms with Gasteiger partial charge in [0.15, 0.2) is 0 Å². The van der Waals surface area contributed by atoms with Gasteiger partial charge in [0.1, 0.15) is 0 Å². The zero-order chi connectivity index (χ0) is 8.06. The summed E-state index contributed by atoms with van der Waals surface area (Å²) in [5.74, 6) is 2.50. The van der Waals surface area contributed by atoms with Crippen LogP contribution in [0.2, 0.25) is 0 Å². The highest BCUT2D eigenvalue weighted by atomic mass is 35.5. The molecule has 1 saturated carbocycles. The Morgan fingerprint density at radius 2 is 2.36 bits per heavy atom. The van der Waals surface area contributed by atoms with Crippen molar-refractivity contribution in [1.82, 2.24) is 0 Å². The van der Waals surface area contributed by atoms with Crippen LogP contribution in [0.5, 0.6) is 0 Å². The lowest BCUT2D eigenvalue weighted by Gasteiger charge is -2.56. The van der Waals surface area contributed by atoms with Crippen molar-refractivity contribution in [2.45, 2.75) is 26.7 Å². The maximum absolute atomic E-state index is 5.86. The summed E-state index contributed by atoms with van der Waals surface area (Å²) >= 11 is 5.86. The van der Waals surface area contributed by atoms with Crippen LogP contribution in [-0.4, -0.2) is 5.88 Å². The molecule has 0 aliphatic heterocycles. The molecule has 3 rings (SSSR count). The number of fused-ring (bicyclic) bond motifs is 1. The number of halogens is 1. The van der Waals surface area contributed by atoms with Gasteiger partial charge in [0.05, 0.1) is 0 Å². The van der Waals surface area contributed by atoms with Crippen LogP contribution in [0.4, 0.5) is 0 Å². The molecule has 0 aromatic heterocycles. The third-order valence-electron chi connectivity index (χ3n) is 3.74. The van der Waals surface area contributed by atoms with Crippen molar-refractivity contribution in [3.8, 4) is 0 Å². The standard InChI is InChI=1S/C10H15Cl/c1-10(2)8-4-3-7(6-11)9(10)5-8/h3,8-9H,4-6H2,1-2H3/t8?,9-/m1/s1.